The van der Waals surface area contributed by atoms with Crippen molar-refractivity contribution < 1.29 is 9.90 Å². The van der Waals surface area contributed by atoms with Crippen molar-refractivity contribution in [2.75, 3.05) is 6.54 Å². The van der Waals surface area contributed by atoms with Gasteiger partial charge >= 0.3 is 0 Å². The molecular formula is C48H42LrN7O3-3. The third kappa shape index (κ3) is 6.49. The summed E-state index contributed by atoms with van der Waals surface area (Å²) in [4.78, 5) is 36.2. The minimum absolute atomic E-state index is 0. The van der Waals surface area contributed by atoms with Crippen LogP contribution in [0.1, 0.15) is 49.7 Å². The predicted molar refractivity (Wildman–Crippen MR) is 230 cm³/mol. The van der Waals surface area contributed by atoms with Gasteiger partial charge in [-0.25, -0.2) is 0 Å². The number of benzene rings is 4. The molecule has 8 aromatic rings. The summed E-state index contributed by atoms with van der Waals surface area (Å²) in [6.07, 6.45) is 2.68. The Morgan fingerprint density at radius 3 is 2.41 bits per heavy atom. The van der Waals surface area contributed by atoms with Gasteiger partial charge in [0.25, 0.3) is 5.56 Å². The molecule has 0 unspecified atom stereocenters. The molecule has 0 spiro atoms. The van der Waals surface area contributed by atoms with Crippen LogP contribution in [-0.4, -0.2) is 41.1 Å². The maximum atomic E-state index is 14.7. The largest absolute Gasteiger partial charge is 0.655 e. The molecule has 59 heavy (non-hydrogen) atoms. The van der Waals surface area contributed by atoms with E-state index in [1.165, 1.54) is 0 Å². The van der Waals surface area contributed by atoms with Crippen molar-refractivity contribution in [1.29, 1.82) is 5.26 Å². The fourth-order valence-electron chi connectivity index (χ4n) is 8.40. The van der Waals surface area contributed by atoms with Gasteiger partial charge in [0.05, 0.1) is 33.4 Å². The maximum absolute atomic E-state index is 14.7. The van der Waals surface area contributed by atoms with Crippen LogP contribution in [-0.2, 0) is 40.2 Å². The Balaban J connectivity index is 0.00000264. The van der Waals surface area contributed by atoms with Crippen molar-refractivity contribution in [3.63, 3.8) is 0 Å². The normalized spacial score (nSPS) is 12.5. The van der Waals surface area contributed by atoms with E-state index >= 15 is 0 Å². The Morgan fingerprint density at radius 2 is 1.66 bits per heavy atom. The summed E-state index contributed by atoms with van der Waals surface area (Å²) in [5, 5.41) is 28.4. The van der Waals surface area contributed by atoms with E-state index in [1.807, 2.05) is 80.3 Å². The van der Waals surface area contributed by atoms with Crippen LogP contribution in [0, 0.1) is 32.6 Å². The first-order chi connectivity index (χ1) is 27.6. The Hall–Kier alpha value is -8.09. The average Bonchev–Trinajstić information content (AvgIpc) is 3.69. The van der Waals surface area contributed by atoms with E-state index in [4.69, 9.17) is 4.98 Å². The molecule has 0 saturated carbocycles. The van der Waals surface area contributed by atoms with Crippen molar-refractivity contribution in [3.05, 3.63) is 178 Å². The fraction of sp³-hybridized carbons (Fsp3) is 0.167. The second-order valence-electron chi connectivity index (χ2n) is 14.9. The second-order valence-corrected chi connectivity index (χ2v) is 14.9. The van der Waals surface area contributed by atoms with Gasteiger partial charge in [-0.1, -0.05) is 30.3 Å². The van der Waals surface area contributed by atoms with Gasteiger partial charge in [-0.3, -0.25) is 19.2 Å². The molecule has 1 N–H and O–H groups in total. The van der Waals surface area contributed by atoms with Crippen LogP contribution < -0.4 is 5.56 Å². The summed E-state index contributed by atoms with van der Waals surface area (Å²) in [6.45, 7) is 8.30. The number of phenols is 1. The molecule has 5 heterocycles. The number of hydrogen-bond donors (Lipinski definition) is 1. The smallest absolute Gasteiger partial charge is 0.265 e. The third-order valence-electron chi connectivity index (χ3n) is 11.5. The van der Waals surface area contributed by atoms with Gasteiger partial charge in [0.15, 0.2) is 0 Å². The minimum Gasteiger partial charge on any atom is -0.655 e. The van der Waals surface area contributed by atoms with Crippen LogP contribution in [0.2, 0.25) is 0 Å². The molecule has 1 amide bonds. The van der Waals surface area contributed by atoms with E-state index < -0.39 is 0 Å². The summed E-state index contributed by atoms with van der Waals surface area (Å²) in [5.74, 6) is -0.287. The Kier molecular flexibility index (Phi) is 10.0. The van der Waals surface area contributed by atoms with E-state index in [-0.39, 0.29) is 31.2 Å². The summed E-state index contributed by atoms with van der Waals surface area (Å²) in [6, 6.07) is 32.7. The number of aromatic hydroxyl groups is 1. The van der Waals surface area contributed by atoms with E-state index in [1.54, 1.807) is 33.4 Å². The van der Waals surface area contributed by atoms with Gasteiger partial charge in [0.2, 0.25) is 0 Å². The van der Waals surface area contributed by atoms with Crippen molar-refractivity contribution in [2.24, 2.45) is 14.1 Å². The Bertz CT molecular complexity index is 3040. The van der Waals surface area contributed by atoms with Crippen molar-refractivity contribution in [2.45, 2.75) is 33.0 Å². The third-order valence-corrected chi connectivity index (χ3v) is 11.5. The number of nitrogens with zero attached hydrogens (tertiary/aromatic N) is 7. The number of rotatable bonds is 7. The molecule has 1 aliphatic heterocycles. The van der Waals surface area contributed by atoms with Gasteiger partial charge in [0.1, 0.15) is 17.5 Å². The summed E-state index contributed by atoms with van der Waals surface area (Å²) < 4.78 is 5.35. The van der Waals surface area contributed by atoms with E-state index in [0.717, 1.165) is 57.4 Å². The SMILES string of the molecule is [CH2-]c1ccccc1C[N-]C(=O)c1cc2c(cc1-c1cc3c(=O)n(-c4ccc(O)cc4)c4c(C)n(C)c(C#N)c4c3n1C)CCN(Cc1cc3ccccc3cn1)C2.[CH3-].[Lr]. The maximum Gasteiger partial charge on any atom is 0.265 e. The molecule has 4 aromatic heterocycles. The molecule has 9 rings (SSSR count). The van der Waals surface area contributed by atoms with E-state index in [0.29, 0.717) is 63.1 Å². The molecule has 0 saturated heterocycles. The van der Waals surface area contributed by atoms with Gasteiger partial charge in [-0.2, -0.15) is 35.9 Å². The molecular weight excluding hydrogens is 985 g/mol. The summed E-state index contributed by atoms with van der Waals surface area (Å²) >= 11 is 0. The first kappa shape index (κ1) is 39.2. The number of pyridine rings is 2. The zero-order chi connectivity index (χ0) is 39.5. The molecule has 0 atom stereocenters. The van der Waals surface area contributed by atoms with Crippen LogP contribution in [0.25, 0.3) is 54.8 Å². The molecule has 305 valence electrons. The number of aryl methyl sites for hydroxylation is 2. The first-order valence-electron chi connectivity index (χ1n) is 18.9. The van der Waals surface area contributed by atoms with Crippen LogP contribution >= 0.6 is 0 Å². The molecule has 0 aliphatic carbocycles. The number of nitriles is 1. The number of phenolic OH excluding ortho intramolecular Hbond substituents is 1. The van der Waals surface area contributed by atoms with Gasteiger partial charge in [-0.15, -0.1) is 12.1 Å². The summed E-state index contributed by atoms with van der Waals surface area (Å²) in [7, 11) is 3.70. The first-order valence-corrected chi connectivity index (χ1v) is 18.9. The number of fused-ring (bicyclic) bond motifs is 5. The average molecular weight is 1030 g/mol. The second kappa shape index (κ2) is 15.1. The molecule has 4 aromatic carbocycles. The van der Waals surface area contributed by atoms with E-state index in [9.17, 15) is 20.0 Å². The minimum atomic E-state index is -0.366. The van der Waals surface area contributed by atoms with Crippen molar-refractivity contribution in [3.8, 4) is 28.8 Å². The van der Waals surface area contributed by atoms with E-state index in [2.05, 4.69) is 47.5 Å². The standard InChI is InChI=1S/C47H40N7O3.CH3.Lr/c1-28-9-5-6-11-32(28)24-50-46(56)39-21-34-26-53(27-35-19-30-10-7-8-12-33(30)25-49-35)18-17-31(34)20-38(39)41-22-40-45(52(41)4)43-42(23-48)51(3)29(2)44(43)54(47(40)57)36-13-15-37(55)16-14-36;;/h5-16,19-22,25H,1,17-18,24,26-27H2,2-4H3,(H2,50,55,56);1H3;/q2*-1;/p-1. The van der Waals surface area contributed by atoms with Crippen LogP contribution in [0.5, 0.6) is 5.75 Å². The number of carbonyl (C=O) groups excluding carboxylic acids is 1. The molecule has 1 radical (unpaired) electrons. The van der Waals surface area contributed by atoms with Gasteiger partial charge < -0.3 is 31.8 Å². The van der Waals surface area contributed by atoms with Crippen molar-refractivity contribution in [1.82, 2.24) is 23.6 Å². The van der Waals surface area contributed by atoms with Gasteiger partial charge in [0, 0.05) is 73.5 Å². The van der Waals surface area contributed by atoms with Crippen molar-refractivity contribution >= 4 is 38.5 Å². The monoisotopic (exact) mass is 1030 g/mol. The zero-order valence-corrected chi connectivity index (χ0v) is 35.4. The quantitative estimate of drug-likeness (QED) is 0.159. The van der Waals surface area contributed by atoms with Crippen LogP contribution in [0.4, 0.5) is 0 Å². The number of aromatic nitrogens is 4. The molecule has 10 nitrogen and oxygen atoms in total. The topological polar surface area (TPSA) is 123 Å². The predicted octanol–water partition coefficient (Wildman–Crippen LogP) is 8.83. The number of hydrogen-bond acceptors (Lipinski definition) is 6. The Labute approximate surface area is 336 Å². The molecule has 11 heteroatoms. The van der Waals surface area contributed by atoms with Crippen LogP contribution in [0.3, 0.4) is 0 Å². The number of carbonyl (C=O) groups is 1. The molecule has 1 aliphatic rings. The fourth-order valence-corrected chi connectivity index (χ4v) is 8.40. The molecule has 0 bridgehead atoms. The zero-order valence-electron chi connectivity index (χ0n) is 33.2. The summed E-state index contributed by atoms with van der Waals surface area (Å²) in [5.41, 5.74) is 9.26. The Morgan fingerprint density at radius 1 is 0.932 bits per heavy atom. The van der Waals surface area contributed by atoms with Gasteiger partial charge in [-0.05, 0) is 78.4 Å². The molecule has 0 fully saturated rings. The number of amides is 1. The van der Waals surface area contributed by atoms with Crippen LogP contribution in [0.15, 0.2) is 108 Å².